The minimum absolute atomic E-state index is 0.0235. The van der Waals surface area contributed by atoms with Crippen molar-refractivity contribution in [2.24, 2.45) is 0 Å². The molecule has 2 atom stereocenters. The van der Waals surface area contributed by atoms with Crippen LogP contribution >= 0.6 is 0 Å². The molecule has 0 saturated carbocycles. The summed E-state index contributed by atoms with van der Waals surface area (Å²) in [5, 5.41) is 0. The zero-order valence-corrected chi connectivity index (χ0v) is 9.17. The van der Waals surface area contributed by atoms with E-state index in [2.05, 4.69) is 19.9 Å². The van der Waals surface area contributed by atoms with E-state index in [1.165, 1.54) is 6.42 Å². The first-order valence-electron chi connectivity index (χ1n) is 5.32. The molecule has 2 heteroatoms. The van der Waals surface area contributed by atoms with Crippen LogP contribution in [0.2, 0.25) is 0 Å². The summed E-state index contributed by atoms with van der Waals surface area (Å²) in [6, 6.07) is 4.08. The van der Waals surface area contributed by atoms with Gasteiger partial charge in [-0.3, -0.25) is 0 Å². The van der Waals surface area contributed by atoms with Crippen LogP contribution in [-0.4, -0.2) is 12.2 Å². The van der Waals surface area contributed by atoms with Crippen molar-refractivity contribution < 1.29 is 9.15 Å². The van der Waals surface area contributed by atoms with Gasteiger partial charge in [0, 0.05) is 12.5 Å². The second-order valence-corrected chi connectivity index (χ2v) is 4.43. The number of rotatable bonds is 2. The molecule has 2 heterocycles. The van der Waals surface area contributed by atoms with Gasteiger partial charge in [0.1, 0.15) is 11.5 Å². The van der Waals surface area contributed by atoms with Gasteiger partial charge in [-0.05, 0) is 38.8 Å². The third-order valence-electron chi connectivity index (χ3n) is 3.35. The fraction of sp³-hybridized carbons (Fsp3) is 0.667. The van der Waals surface area contributed by atoms with Crippen molar-refractivity contribution in [3.63, 3.8) is 0 Å². The number of hydrogen-bond acceptors (Lipinski definition) is 2. The molecule has 0 bridgehead atoms. The molecule has 1 aromatic heterocycles. The van der Waals surface area contributed by atoms with E-state index >= 15 is 0 Å². The summed E-state index contributed by atoms with van der Waals surface area (Å²) < 4.78 is 11.4. The van der Waals surface area contributed by atoms with Gasteiger partial charge in [0.2, 0.25) is 0 Å². The molecule has 1 aliphatic rings. The highest BCUT2D eigenvalue weighted by atomic mass is 16.5. The Morgan fingerprint density at radius 3 is 2.71 bits per heavy atom. The maximum atomic E-state index is 5.81. The zero-order valence-electron chi connectivity index (χ0n) is 9.17. The van der Waals surface area contributed by atoms with Gasteiger partial charge in [0.25, 0.3) is 0 Å². The Labute approximate surface area is 85.3 Å². The highest BCUT2D eigenvalue weighted by Crippen LogP contribution is 2.39. The van der Waals surface area contributed by atoms with Crippen molar-refractivity contribution in [3.8, 4) is 0 Å². The molecule has 0 N–H and O–H groups in total. The van der Waals surface area contributed by atoms with E-state index in [1.807, 2.05) is 13.0 Å². The summed E-state index contributed by atoms with van der Waals surface area (Å²) in [5.41, 5.74) is -0.0235. The van der Waals surface area contributed by atoms with Crippen LogP contribution in [0.5, 0.6) is 0 Å². The molecule has 0 radical (unpaired) electrons. The van der Waals surface area contributed by atoms with Crippen LogP contribution in [0.15, 0.2) is 16.5 Å². The van der Waals surface area contributed by atoms with Crippen molar-refractivity contribution in [1.82, 2.24) is 0 Å². The van der Waals surface area contributed by atoms with E-state index < -0.39 is 0 Å². The lowest BCUT2D eigenvalue weighted by molar-refractivity contribution is -0.00366. The van der Waals surface area contributed by atoms with E-state index in [-0.39, 0.29) is 5.60 Å². The molecule has 0 aromatic carbocycles. The van der Waals surface area contributed by atoms with Crippen molar-refractivity contribution in [3.05, 3.63) is 23.7 Å². The van der Waals surface area contributed by atoms with Gasteiger partial charge in [0.15, 0.2) is 0 Å². The molecule has 1 aliphatic heterocycles. The number of aryl methyl sites for hydroxylation is 1. The fourth-order valence-electron chi connectivity index (χ4n) is 2.13. The van der Waals surface area contributed by atoms with E-state index in [0.29, 0.717) is 5.92 Å². The summed E-state index contributed by atoms with van der Waals surface area (Å²) in [6.45, 7) is 7.24. The molecule has 1 saturated heterocycles. The maximum absolute atomic E-state index is 5.81. The number of furan rings is 1. The third-order valence-corrected chi connectivity index (χ3v) is 3.35. The Balaban J connectivity index is 2.18. The van der Waals surface area contributed by atoms with E-state index in [4.69, 9.17) is 9.15 Å². The van der Waals surface area contributed by atoms with Crippen molar-refractivity contribution in [2.75, 3.05) is 6.61 Å². The summed E-state index contributed by atoms with van der Waals surface area (Å²) in [7, 11) is 0. The van der Waals surface area contributed by atoms with Crippen molar-refractivity contribution in [1.29, 1.82) is 0 Å². The fourth-order valence-corrected chi connectivity index (χ4v) is 2.13. The van der Waals surface area contributed by atoms with Crippen LogP contribution in [0.4, 0.5) is 0 Å². The van der Waals surface area contributed by atoms with E-state index in [0.717, 1.165) is 24.5 Å². The predicted molar refractivity (Wildman–Crippen MR) is 55.5 cm³/mol. The molecular weight excluding hydrogens is 176 g/mol. The quantitative estimate of drug-likeness (QED) is 0.721. The molecule has 0 amide bonds. The van der Waals surface area contributed by atoms with Crippen LogP contribution in [0.1, 0.15) is 44.1 Å². The molecule has 0 aliphatic carbocycles. The Morgan fingerprint density at radius 1 is 1.43 bits per heavy atom. The Hall–Kier alpha value is -0.760. The first-order valence-corrected chi connectivity index (χ1v) is 5.32. The molecule has 2 rings (SSSR count). The lowest BCUT2D eigenvalue weighted by Gasteiger charge is -2.29. The summed E-state index contributed by atoms with van der Waals surface area (Å²) in [6.07, 6.45) is 2.30. The minimum atomic E-state index is -0.0235. The lowest BCUT2D eigenvalue weighted by Crippen LogP contribution is -2.29. The molecular formula is C12H18O2. The first-order chi connectivity index (χ1) is 6.62. The van der Waals surface area contributed by atoms with Crippen LogP contribution in [-0.2, 0) is 4.74 Å². The van der Waals surface area contributed by atoms with Gasteiger partial charge in [-0.25, -0.2) is 0 Å². The molecule has 1 aromatic rings. The zero-order chi connectivity index (χ0) is 10.2. The topological polar surface area (TPSA) is 22.4 Å². The normalized spacial score (nSPS) is 29.4. The van der Waals surface area contributed by atoms with Crippen LogP contribution < -0.4 is 0 Å². The molecule has 1 fully saturated rings. The molecule has 2 unspecified atom stereocenters. The average Bonchev–Trinajstić information content (AvgIpc) is 2.74. The third kappa shape index (κ3) is 1.59. The van der Waals surface area contributed by atoms with Gasteiger partial charge in [0.05, 0.1) is 5.60 Å². The standard InChI is InChI=1S/C12H18O2/c1-9-5-6-11(14-9)10(2)12(3)7-4-8-13-12/h5-6,10H,4,7-8H2,1-3H3. The first kappa shape index (κ1) is 9.78. The van der Waals surface area contributed by atoms with Gasteiger partial charge in [-0.2, -0.15) is 0 Å². The van der Waals surface area contributed by atoms with Gasteiger partial charge >= 0.3 is 0 Å². The molecule has 0 spiro atoms. The van der Waals surface area contributed by atoms with Crippen LogP contribution in [0, 0.1) is 6.92 Å². The number of hydrogen-bond donors (Lipinski definition) is 0. The van der Waals surface area contributed by atoms with E-state index in [9.17, 15) is 0 Å². The Morgan fingerprint density at radius 2 is 2.21 bits per heavy atom. The van der Waals surface area contributed by atoms with Gasteiger partial charge < -0.3 is 9.15 Å². The Bertz CT molecular complexity index is 308. The van der Waals surface area contributed by atoms with Crippen LogP contribution in [0.3, 0.4) is 0 Å². The molecule has 14 heavy (non-hydrogen) atoms. The average molecular weight is 194 g/mol. The van der Waals surface area contributed by atoms with Gasteiger partial charge in [-0.1, -0.05) is 6.92 Å². The van der Waals surface area contributed by atoms with Crippen molar-refractivity contribution >= 4 is 0 Å². The van der Waals surface area contributed by atoms with Crippen molar-refractivity contribution in [2.45, 2.75) is 45.1 Å². The lowest BCUT2D eigenvalue weighted by atomic mass is 9.86. The largest absolute Gasteiger partial charge is 0.466 e. The second-order valence-electron chi connectivity index (χ2n) is 4.43. The van der Waals surface area contributed by atoms with Crippen LogP contribution in [0.25, 0.3) is 0 Å². The molecule has 78 valence electrons. The monoisotopic (exact) mass is 194 g/mol. The summed E-state index contributed by atoms with van der Waals surface area (Å²) in [4.78, 5) is 0. The van der Waals surface area contributed by atoms with Gasteiger partial charge in [-0.15, -0.1) is 0 Å². The highest BCUT2D eigenvalue weighted by molar-refractivity contribution is 5.14. The highest BCUT2D eigenvalue weighted by Gasteiger charge is 2.37. The van der Waals surface area contributed by atoms with E-state index in [1.54, 1.807) is 0 Å². The maximum Gasteiger partial charge on any atom is 0.109 e. The summed E-state index contributed by atoms with van der Waals surface area (Å²) in [5.74, 6) is 2.37. The molecule has 2 nitrogen and oxygen atoms in total. The second kappa shape index (κ2) is 3.43. The Kier molecular flexibility index (Phi) is 2.40. The predicted octanol–water partition coefficient (Wildman–Crippen LogP) is 3.26. The number of ether oxygens (including phenoxy) is 1. The SMILES string of the molecule is Cc1ccc(C(C)C2(C)CCCO2)o1. The smallest absolute Gasteiger partial charge is 0.109 e. The minimum Gasteiger partial charge on any atom is -0.466 e. The summed E-state index contributed by atoms with van der Waals surface area (Å²) >= 11 is 0.